The molecule has 0 aliphatic rings. The molecule has 0 aliphatic carbocycles. The first kappa shape index (κ1) is 10.5. The summed E-state index contributed by atoms with van der Waals surface area (Å²) in [4.78, 5) is 13.3. The third-order valence-electron chi connectivity index (χ3n) is 1.64. The molecule has 0 N–H and O–H groups in total. The summed E-state index contributed by atoms with van der Waals surface area (Å²) >= 11 is 7.31. The van der Waals surface area contributed by atoms with Crippen LogP contribution >= 0.6 is 22.9 Å². The smallest absolute Gasteiger partial charge is 0.254 e. The van der Waals surface area contributed by atoms with Crippen LogP contribution in [-0.4, -0.2) is 29.8 Å². The quantitative estimate of drug-likeness (QED) is 0.713. The van der Waals surface area contributed by atoms with Gasteiger partial charge in [0.15, 0.2) is 0 Å². The van der Waals surface area contributed by atoms with Crippen LogP contribution in [0.2, 0.25) is 0 Å². The summed E-state index contributed by atoms with van der Waals surface area (Å²) < 4.78 is 0. The van der Waals surface area contributed by atoms with Gasteiger partial charge in [-0.2, -0.15) is 11.3 Å². The number of halogens is 1. The van der Waals surface area contributed by atoms with E-state index in [2.05, 4.69) is 0 Å². The van der Waals surface area contributed by atoms with Crippen LogP contribution in [0.4, 0.5) is 0 Å². The minimum atomic E-state index is -0.00687. The molecule has 13 heavy (non-hydrogen) atoms. The van der Waals surface area contributed by atoms with Crippen molar-refractivity contribution in [1.29, 1.82) is 0 Å². The number of carbonyl (C=O) groups is 1. The molecule has 0 saturated heterocycles. The Hall–Kier alpha value is -0.540. The predicted molar refractivity (Wildman–Crippen MR) is 56.6 cm³/mol. The van der Waals surface area contributed by atoms with Crippen LogP contribution in [0.25, 0.3) is 0 Å². The van der Waals surface area contributed by atoms with Crippen molar-refractivity contribution < 1.29 is 4.79 Å². The highest BCUT2D eigenvalue weighted by molar-refractivity contribution is 7.08. The molecule has 1 atom stereocenters. The summed E-state index contributed by atoms with van der Waals surface area (Å²) in [5.74, 6) is 0.0359. The second-order valence-electron chi connectivity index (χ2n) is 2.98. The summed E-state index contributed by atoms with van der Waals surface area (Å²) in [5.41, 5.74) is 0.741. The number of hydrogen-bond donors (Lipinski definition) is 0. The number of amides is 1. The van der Waals surface area contributed by atoms with E-state index in [0.717, 1.165) is 5.56 Å². The summed E-state index contributed by atoms with van der Waals surface area (Å²) in [7, 11) is 1.76. The fraction of sp³-hybridized carbons (Fsp3) is 0.444. The number of nitrogens with zero attached hydrogens (tertiary/aromatic N) is 1. The first-order valence-electron chi connectivity index (χ1n) is 4.03. The molecule has 0 spiro atoms. The lowest BCUT2D eigenvalue weighted by Gasteiger charge is -2.17. The van der Waals surface area contributed by atoms with Crippen molar-refractivity contribution in [3.8, 4) is 0 Å². The molecule has 1 heterocycles. The maximum absolute atomic E-state index is 11.6. The first-order valence-corrected chi connectivity index (χ1v) is 5.41. The van der Waals surface area contributed by atoms with Crippen LogP contribution in [0.1, 0.15) is 17.3 Å². The lowest BCUT2D eigenvalue weighted by molar-refractivity contribution is 0.0796. The molecule has 0 radical (unpaired) electrons. The Morgan fingerprint density at radius 2 is 2.46 bits per heavy atom. The lowest BCUT2D eigenvalue weighted by Crippen LogP contribution is -2.30. The maximum atomic E-state index is 11.6. The normalized spacial score (nSPS) is 12.5. The van der Waals surface area contributed by atoms with Gasteiger partial charge in [-0.1, -0.05) is 0 Å². The molecule has 0 aromatic carbocycles. The van der Waals surface area contributed by atoms with Crippen molar-refractivity contribution in [2.45, 2.75) is 12.3 Å². The van der Waals surface area contributed by atoms with Gasteiger partial charge in [-0.3, -0.25) is 4.79 Å². The van der Waals surface area contributed by atoms with Crippen molar-refractivity contribution in [3.63, 3.8) is 0 Å². The minimum absolute atomic E-state index is 0.00687. The van der Waals surface area contributed by atoms with E-state index in [4.69, 9.17) is 11.6 Å². The van der Waals surface area contributed by atoms with E-state index >= 15 is 0 Å². The highest BCUT2D eigenvalue weighted by Gasteiger charge is 2.12. The van der Waals surface area contributed by atoms with E-state index in [1.807, 2.05) is 23.8 Å². The summed E-state index contributed by atoms with van der Waals surface area (Å²) in [6.07, 6.45) is 0. The Balaban J connectivity index is 2.58. The Morgan fingerprint density at radius 1 is 1.77 bits per heavy atom. The minimum Gasteiger partial charge on any atom is -0.340 e. The molecular weight excluding hydrogens is 206 g/mol. The zero-order valence-corrected chi connectivity index (χ0v) is 9.23. The molecule has 1 aromatic rings. The standard InChI is InChI=1S/C9H12ClNOS/c1-7(10)5-11(2)9(12)8-3-4-13-6-8/h3-4,6-7H,5H2,1-2H3. The number of rotatable bonds is 3. The van der Waals surface area contributed by atoms with Gasteiger partial charge in [0, 0.05) is 24.3 Å². The van der Waals surface area contributed by atoms with E-state index in [9.17, 15) is 4.79 Å². The third-order valence-corrected chi connectivity index (χ3v) is 2.46. The van der Waals surface area contributed by atoms with Crippen molar-refractivity contribution in [2.24, 2.45) is 0 Å². The fourth-order valence-corrected chi connectivity index (χ4v) is 1.90. The Morgan fingerprint density at radius 3 is 2.92 bits per heavy atom. The van der Waals surface area contributed by atoms with Gasteiger partial charge in [0.25, 0.3) is 5.91 Å². The van der Waals surface area contributed by atoms with Crippen LogP contribution in [0, 0.1) is 0 Å². The van der Waals surface area contributed by atoms with Crippen LogP contribution in [0.3, 0.4) is 0 Å². The summed E-state index contributed by atoms with van der Waals surface area (Å²) in [6, 6.07) is 1.82. The molecule has 1 unspecified atom stereocenters. The topological polar surface area (TPSA) is 20.3 Å². The second-order valence-corrected chi connectivity index (χ2v) is 4.50. The molecule has 4 heteroatoms. The molecule has 0 aliphatic heterocycles. The van der Waals surface area contributed by atoms with Gasteiger partial charge in [-0.15, -0.1) is 11.6 Å². The van der Waals surface area contributed by atoms with Gasteiger partial charge in [-0.05, 0) is 18.4 Å². The molecule has 72 valence electrons. The largest absolute Gasteiger partial charge is 0.340 e. The number of alkyl halides is 1. The predicted octanol–water partition coefficient (Wildman–Crippen LogP) is 2.45. The number of thiophene rings is 1. The van der Waals surface area contributed by atoms with Gasteiger partial charge >= 0.3 is 0 Å². The van der Waals surface area contributed by atoms with E-state index < -0.39 is 0 Å². The van der Waals surface area contributed by atoms with E-state index in [-0.39, 0.29) is 11.3 Å². The van der Waals surface area contributed by atoms with Gasteiger partial charge in [0.2, 0.25) is 0 Å². The molecule has 1 rings (SSSR count). The molecule has 0 bridgehead atoms. The van der Waals surface area contributed by atoms with Crippen LogP contribution in [0.5, 0.6) is 0 Å². The zero-order valence-electron chi connectivity index (χ0n) is 7.66. The van der Waals surface area contributed by atoms with Crippen molar-refractivity contribution in [3.05, 3.63) is 22.4 Å². The van der Waals surface area contributed by atoms with E-state index in [1.54, 1.807) is 11.9 Å². The fourth-order valence-electron chi connectivity index (χ4n) is 1.07. The van der Waals surface area contributed by atoms with Crippen LogP contribution in [0.15, 0.2) is 16.8 Å². The Labute approximate surface area is 87.1 Å². The number of carbonyl (C=O) groups excluding carboxylic acids is 1. The molecule has 0 fully saturated rings. The van der Waals surface area contributed by atoms with Crippen molar-refractivity contribution >= 4 is 28.8 Å². The molecule has 1 aromatic heterocycles. The van der Waals surface area contributed by atoms with E-state index in [1.165, 1.54) is 11.3 Å². The Bertz CT molecular complexity index is 271. The molecule has 1 amide bonds. The average molecular weight is 218 g/mol. The first-order chi connectivity index (χ1) is 6.11. The van der Waals surface area contributed by atoms with Crippen LogP contribution < -0.4 is 0 Å². The maximum Gasteiger partial charge on any atom is 0.254 e. The zero-order chi connectivity index (χ0) is 9.84. The third kappa shape index (κ3) is 3.01. The van der Waals surface area contributed by atoms with Gasteiger partial charge in [0.05, 0.1) is 5.56 Å². The lowest BCUT2D eigenvalue weighted by atomic mass is 10.3. The van der Waals surface area contributed by atoms with Crippen molar-refractivity contribution in [1.82, 2.24) is 4.90 Å². The highest BCUT2D eigenvalue weighted by Crippen LogP contribution is 2.09. The average Bonchev–Trinajstić information content (AvgIpc) is 2.53. The molecular formula is C9H12ClNOS. The summed E-state index contributed by atoms with van der Waals surface area (Å²) in [6.45, 7) is 2.45. The summed E-state index contributed by atoms with van der Waals surface area (Å²) in [5, 5.41) is 3.73. The number of hydrogen-bond acceptors (Lipinski definition) is 2. The monoisotopic (exact) mass is 217 g/mol. The van der Waals surface area contributed by atoms with Gasteiger partial charge < -0.3 is 4.90 Å². The molecule has 0 saturated carbocycles. The van der Waals surface area contributed by atoms with Crippen molar-refractivity contribution in [2.75, 3.05) is 13.6 Å². The molecule has 2 nitrogen and oxygen atoms in total. The van der Waals surface area contributed by atoms with E-state index in [0.29, 0.717) is 6.54 Å². The van der Waals surface area contributed by atoms with Gasteiger partial charge in [0.1, 0.15) is 0 Å². The Kier molecular flexibility index (Phi) is 3.75. The van der Waals surface area contributed by atoms with Crippen LogP contribution in [-0.2, 0) is 0 Å². The highest BCUT2D eigenvalue weighted by atomic mass is 35.5. The second kappa shape index (κ2) is 4.63. The van der Waals surface area contributed by atoms with Gasteiger partial charge in [-0.25, -0.2) is 0 Å². The SMILES string of the molecule is CC(Cl)CN(C)C(=O)c1ccsc1.